The Bertz CT molecular complexity index is 1030. The van der Waals surface area contributed by atoms with Crippen molar-refractivity contribution in [2.24, 2.45) is 11.8 Å². The molecule has 4 N–H and O–H groups in total. The maximum Gasteiger partial charge on any atom is 0.269 e. The minimum atomic E-state index is -0.432. The first-order chi connectivity index (χ1) is 16.8. The number of thiocarbonyl (C=S) groups is 1. The topological polar surface area (TPSA) is 109 Å². The third kappa shape index (κ3) is 8.36. The number of rotatable bonds is 7. The number of ether oxygens (including phenoxy) is 1. The molecular weight excluding hydrogens is 464 g/mol. The van der Waals surface area contributed by atoms with Crippen LogP contribution in [0, 0.1) is 11.8 Å². The van der Waals surface area contributed by atoms with Crippen molar-refractivity contribution in [1.82, 2.24) is 16.2 Å². The van der Waals surface area contributed by atoms with Gasteiger partial charge in [0.25, 0.3) is 11.8 Å². The van der Waals surface area contributed by atoms with Crippen LogP contribution in [0.25, 0.3) is 0 Å². The van der Waals surface area contributed by atoms with E-state index in [4.69, 9.17) is 17.0 Å². The molecule has 0 aromatic heterocycles. The summed E-state index contributed by atoms with van der Waals surface area (Å²) >= 11 is 5.09. The summed E-state index contributed by atoms with van der Waals surface area (Å²) in [5.41, 5.74) is 6.40. The zero-order valence-corrected chi connectivity index (χ0v) is 20.9. The molecule has 0 bridgehead atoms. The average molecular weight is 497 g/mol. The highest BCUT2D eigenvalue weighted by Gasteiger charge is 2.21. The van der Waals surface area contributed by atoms with Crippen molar-refractivity contribution < 1.29 is 19.1 Å². The van der Waals surface area contributed by atoms with Crippen molar-refractivity contribution in [1.29, 1.82) is 0 Å². The standard InChI is InChI=1S/C26H32N4O4S/c1-17(2)16-34-22-14-10-19(11-15-22)24(32)28-26(35)30-29-25(33)20-8-12-21(13-9-20)27-23(31)18-6-4-3-5-7-18/h8-15,17-18H,3-7,16H2,1-2H3,(H,27,31)(H,29,33)(H2,28,30,32,35). The number of amides is 3. The Morgan fingerprint density at radius 2 is 1.49 bits per heavy atom. The van der Waals surface area contributed by atoms with Crippen molar-refractivity contribution in [3.8, 4) is 5.75 Å². The molecule has 0 aliphatic heterocycles. The van der Waals surface area contributed by atoms with Crippen molar-refractivity contribution >= 4 is 40.7 Å². The first-order valence-electron chi connectivity index (χ1n) is 11.9. The van der Waals surface area contributed by atoms with Crippen LogP contribution in [-0.4, -0.2) is 29.4 Å². The summed E-state index contributed by atoms with van der Waals surface area (Å²) in [5.74, 6) is 0.332. The molecule has 1 aliphatic rings. The molecule has 9 heteroatoms. The minimum Gasteiger partial charge on any atom is -0.493 e. The van der Waals surface area contributed by atoms with Crippen molar-refractivity contribution in [2.75, 3.05) is 11.9 Å². The van der Waals surface area contributed by atoms with Crippen LogP contribution >= 0.6 is 12.2 Å². The smallest absolute Gasteiger partial charge is 0.269 e. The van der Waals surface area contributed by atoms with Gasteiger partial charge in [0.15, 0.2) is 5.11 Å². The fourth-order valence-electron chi connectivity index (χ4n) is 3.67. The van der Waals surface area contributed by atoms with Gasteiger partial charge in [-0.25, -0.2) is 0 Å². The van der Waals surface area contributed by atoms with E-state index in [-0.39, 0.29) is 16.9 Å². The van der Waals surface area contributed by atoms with Crippen LogP contribution in [0.15, 0.2) is 48.5 Å². The maximum atomic E-state index is 12.4. The SMILES string of the molecule is CC(C)COc1ccc(C(=O)NC(=S)NNC(=O)c2ccc(NC(=O)C3CCCCC3)cc2)cc1. The van der Waals surface area contributed by atoms with Gasteiger partial charge in [0.2, 0.25) is 5.91 Å². The molecule has 0 spiro atoms. The van der Waals surface area contributed by atoms with E-state index in [1.54, 1.807) is 48.5 Å². The van der Waals surface area contributed by atoms with Gasteiger partial charge in [-0.1, -0.05) is 33.1 Å². The first-order valence-corrected chi connectivity index (χ1v) is 12.3. The lowest BCUT2D eigenvalue weighted by molar-refractivity contribution is -0.120. The second kappa shape index (κ2) is 12.9. The number of benzene rings is 2. The van der Waals surface area contributed by atoms with Crippen LogP contribution < -0.4 is 26.2 Å². The fourth-order valence-corrected chi connectivity index (χ4v) is 3.82. The second-order valence-corrected chi connectivity index (χ2v) is 9.40. The number of anilines is 1. The van der Waals surface area contributed by atoms with E-state index in [1.165, 1.54) is 6.42 Å². The largest absolute Gasteiger partial charge is 0.493 e. The van der Waals surface area contributed by atoms with Gasteiger partial charge < -0.3 is 10.1 Å². The minimum absolute atomic E-state index is 0.0300. The molecule has 3 amide bonds. The molecule has 0 heterocycles. The number of hydrogen-bond donors (Lipinski definition) is 4. The molecule has 1 aliphatic carbocycles. The third-order valence-corrected chi connectivity index (χ3v) is 5.81. The summed E-state index contributed by atoms with van der Waals surface area (Å²) in [6.07, 6.45) is 5.22. The van der Waals surface area contributed by atoms with Gasteiger partial charge in [0.1, 0.15) is 5.75 Å². The molecule has 1 fully saturated rings. The Kier molecular flexibility index (Phi) is 9.60. The fraction of sp³-hybridized carbons (Fsp3) is 0.385. The number of hydrazine groups is 1. The summed E-state index contributed by atoms with van der Waals surface area (Å²) in [6.45, 7) is 4.71. The molecule has 2 aromatic carbocycles. The summed E-state index contributed by atoms with van der Waals surface area (Å²) in [4.78, 5) is 37.1. The lowest BCUT2D eigenvalue weighted by atomic mass is 9.88. The summed E-state index contributed by atoms with van der Waals surface area (Å²) in [5, 5.41) is 5.39. The lowest BCUT2D eigenvalue weighted by Gasteiger charge is -2.20. The molecule has 0 saturated heterocycles. The van der Waals surface area contributed by atoms with E-state index < -0.39 is 11.8 Å². The Balaban J connectivity index is 1.42. The molecule has 186 valence electrons. The Morgan fingerprint density at radius 1 is 0.886 bits per heavy atom. The molecule has 3 rings (SSSR count). The first kappa shape index (κ1) is 26.2. The Hall–Kier alpha value is -3.46. The van der Waals surface area contributed by atoms with Crippen LogP contribution in [0.1, 0.15) is 66.7 Å². The average Bonchev–Trinajstić information content (AvgIpc) is 2.87. The van der Waals surface area contributed by atoms with Crippen LogP contribution in [0.3, 0.4) is 0 Å². The van der Waals surface area contributed by atoms with E-state index in [0.717, 1.165) is 25.7 Å². The van der Waals surface area contributed by atoms with E-state index in [9.17, 15) is 14.4 Å². The normalized spacial score (nSPS) is 13.6. The molecule has 0 unspecified atom stereocenters. The van der Waals surface area contributed by atoms with Crippen LogP contribution in [-0.2, 0) is 4.79 Å². The predicted molar refractivity (Wildman–Crippen MR) is 139 cm³/mol. The highest BCUT2D eigenvalue weighted by atomic mass is 32.1. The van der Waals surface area contributed by atoms with Crippen molar-refractivity contribution in [3.05, 3.63) is 59.7 Å². The molecule has 2 aromatic rings. The molecule has 35 heavy (non-hydrogen) atoms. The monoisotopic (exact) mass is 496 g/mol. The number of carbonyl (C=O) groups is 3. The van der Waals surface area contributed by atoms with Gasteiger partial charge in [-0.15, -0.1) is 0 Å². The van der Waals surface area contributed by atoms with Gasteiger partial charge >= 0.3 is 0 Å². The summed E-state index contributed by atoms with van der Waals surface area (Å²) in [6, 6.07) is 13.3. The molecule has 0 atom stereocenters. The van der Waals surface area contributed by atoms with Gasteiger partial charge in [-0.3, -0.25) is 30.6 Å². The predicted octanol–water partition coefficient (Wildman–Crippen LogP) is 4.19. The highest BCUT2D eigenvalue weighted by Crippen LogP contribution is 2.25. The maximum absolute atomic E-state index is 12.4. The van der Waals surface area contributed by atoms with E-state index in [1.807, 2.05) is 0 Å². The number of nitrogens with one attached hydrogen (secondary N) is 4. The second-order valence-electron chi connectivity index (χ2n) is 8.99. The van der Waals surface area contributed by atoms with Gasteiger partial charge in [-0.2, -0.15) is 0 Å². The Morgan fingerprint density at radius 3 is 2.11 bits per heavy atom. The quantitative estimate of drug-likeness (QED) is 0.338. The third-order valence-electron chi connectivity index (χ3n) is 5.61. The van der Waals surface area contributed by atoms with Crippen LogP contribution in [0.5, 0.6) is 5.75 Å². The zero-order valence-electron chi connectivity index (χ0n) is 20.1. The molecule has 1 saturated carbocycles. The molecule has 0 radical (unpaired) electrons. The zero-order chi connectivity index (χ0) is 25.2. The van der Waals surface area contributed by atoms with Gasteiger partial charge in [0, 0.05) is 22.7 Å². The van der Waals surface area contributed by atoms with E-state index in [2.05, 4.69) is 35.3 Å². The van der Waals surface area contributed by atoms with Gasteiger partial charge in [0.05, 0.1) is 6.61 Å². The Labute approximate surface area is 211 Å². The van der Waals surface area contributed by atoms with Crippen molar-refractivity contribution in [2.45, 2.75) is 46.0 Å². The lowest BCUT2D eigenvalue weighted by Crippen LogP contribution is -2.48. The number of carbonyl (C=O) groups excluding carboxylic acids is 3. The molecule has 8 nitrogen and oxygen atoms in total. The highest BCUT2D eigenvalue weighted by molar-refractivity contribution is 7.80. The number of hydrogen-bond acceptors (Lipinski definition) is 5. The molecular formula is C26H32N4O4S. The summed E-state index contributed by atoms with van der Waals surface area (Å²) in [7, 11) is 0. The van der Waals surface area contributed by atoms with Crippen LogP contribution in [0.2, 0.25) is 0 Å². The van der Waals surface area contributed by atoms with E-state index in [0.29, 0.717) is 35.1 Å². The van der Waals surface area contributed by atoms with E-state index >= 15 is 0 Å². The van der Waals surface area contributed by atoms with Crippen molar-refractivity contribution in [3.63, 3.8) is 0 Å². The van der Waals surface area contributed by atoms with Gasteiger partial charge in [-0.05, 0) is 79.5 Å². The summed E-state index contributed by atoms with van der Waals surface area (Å²) < 4.78 is 5.61. The van der Waals surface area contributed by atoms with Crippen LogP contribution in [0.4, 0.5) is 5.69 Å².